The van der Waals surface area contributed by atoms with Crippen molar-refractivity contribution in [3.05, 3.63) is 66.5 Å². The fourth-order valence-corrected chi connectivity index (χ4v) is 2.45. The first kappa shape index (κ1) is 17.3. The third-order valence-electron chi connectivity index (χ3n) is 3.67. The summed E-state index contributed by atoms with van der Waals surface area (Å²) in [6.45, 7) is 0. The van der Waals surface area contributed by atoms with Crippen LogP contribution in [0.4, 0.5) is 10.2 Å². The predicted octanol–water partition coefficient (Wildman–Crippen LogP) is 3.48. The van der Waals surface area contributed by atoms with Gasteiger partial charge in [0.25, 0.3) is 0 Å². The molecule has 132 valence electrons. The molecule has 0 aliphatic carbocycles. The summed E-state index contributed by atoms with van der Waals surface area (Å²) in [6, 6.07) is 16.8. The summed E-state index contributed by atoms with van der Waals surface area (Å²) in [7, 11) is 0. The molecular weight excluding hydrogens is 337 g/mol. The third-order valence-corrected chi connectivity index (χ3v) is 3.67. The van der Waals surface area contributed by atoms with Gasteiger partial charge in [-0.25, -0.2) is 9.07 Å². The molecule has 0 spiro atoms. The lowest BCUT2D eigenvalue weighted by atomic mass is 10.1. The van der Waals surface area contributed by atoms with Gasteiger partial charge in [0.15, 0.2) is 0 Å². The Morgan fingerprint density at radius 3 is 2.50 bits per heavy atom. The van der Waals surface area contributed by atoms with Crippen LogP contribution in [-0.2, 0) is 9.59 Å². The molecule has 0 saturated heterocycles. The molecule has 0 bridgehead atoms. The monoisotopic (exact) mass is 353 g/mol. The highest BCUT2D eigenvalue weighted by atomic mass is 19.1. The number of rotatable bonds is 6. The van der Waals surface area contributed by atoms with Crippen molar-refractivity contribution in [2.24, 2.45) is 0 Å². The number of aliphatic carboxylic acids is 1. The van der Waals surface area contributed by atoms with E-state index in [9.17, 15) is 14.0 Å². The van der Waals surface area contributed by atoms with Gasteiger partial charge in [-0.05, 0) is 18.2 Å². The Morgan fingerprint density at radius 1 is 1.04 bits per heavy atom. The molecule has 1 aromatic heterocycles. The highest BCUT2D eigenvalue weighted by molar-refractivity contribution is 5.92. The van der Waals surface area contributed by atoms with Gasteiger partial charge in [-0.15, -0.1) is 0 Å². The maximum atomic E-state index is 13.6. The predicted molar refractivity (Wildman–Crippen MR) is 94.5 cm³/mol. The number of hydrogen-bond donors (Lipinski definition) is 2. The zero-order valence-electron chi connectivity index (χ0n) is 13.7. The van der Waals surface area contributed by atoms with E-state index in [4.69, 9.17) is 5.11 Å². The van der Waals surface area contributed by atoms with Crippen molar-refractivity contribution in [2.45, 2.75) is 12.8 Å². The number of nitrogens with zero attached hydrogens (tertiary/aromatic N) is 2. The van der Waals surface area contributed by atoms with Crippen molar-refractivity contribution < 1.29 is 19.1 Å². The van der Waals surface area contributed by atoms with E-state index >= 15 is 0 Å². The molecule has 26 heavy (non-hydrogen) atoms. The van der Waals surface area contributed by atoms with Gasteiger partial charge in [0.1, 0.15) is 11.6 Å². The molecule has 2 N–H and O–H groups in total. The second-order valence-electron chi connectivity index (χ2n) is 5.61. The van der Waals surface area contributed by atoms with E-state index < -0.39 is 17.7 Å². The minimum atomic E-state index is -1.05. The average Bonchev–Trinajstić information content (AvgIpc) is 3.04. The molecule has 0 radical (unpaired) electrons. The zero-order valence-corrected chi connectivity index (χ0v) is 13.7. The summed E-state index contributed by atoms with van der Waals surface area (Å²) in [5, 5.41) is 15.8. The molecule has 0 aliphatic rings. The van der Waals surface area contributed by atoms with Crippen LogP contribution in [0.2, 0.25) is 0 Å². The molecule has 7 heteroatoms. The molecule has 3 aromatic rings. The molecular formula is C19H16FN3O3. The average molecular weight is 353 g/mol. The van der Waals surface area contributed by atoms with Gasteiger partial charge < -0.3 is 10.4 Å². The number of nitrogens with one attached hydrogen (secondary N) is 1. The number of carbonyl (C=O) groups excluding carboxylic acids is 1. The lowest BCUT2D eigenvalue weighted by molar-refractivity contribution is -0.138. The fraction of sp³-hybridized carbons (Fsp3) is 0.105. The highest BCUT2D eigenvalue weighted by Gasteiger charge is 2.14. The molecule has 2 aromatic carbocycles. The van der Waals surface area contributed by atoms with Crippen LogP contribution in [-0.4, -0.2) is 26.8 Å². The topological polar surface area (TPSA) is 84.2 Å². The Balaban J connectivity index is 1.96. The number of hydrogen-bond acceptors (Lipinski definition) is 3. The zero-order chi connectivity index (χ0) is 18.5. The van der Waals surface area contributed by atoms with Gasteiger partial charge in [0.05, 0.1) is 17.8 Å². The number of carbonyl (C=O) groups is 2. The van der Waals surface area contributed by atoms with Gasteiger partial charge >= 0.3 is 5.97 Å². The van der Waals surface area contributed by atoms with E-state index in [1.54, 1.807) is 18.2 Å². The molecule has 3 rings (SSSR count). The first-order valence-electron chi connectivity index (χ1n) is 7.96. The van der Waals surface area contributed by atoms with Crippen molar-refractivity contribution in [2.75, 3.05) is 5.32 Å². The van der Waals surface area contributed by atoms with Crippen molar-refractivity contribution >= 4 is 17.7 Å². The van der Waals surface area contributed by atoms with Crippen LogP contribution in [0.25, 0.3) is 16.9 Å². The minimum absolute atomic E-state index is 0.162. The lowest BCUT2D eigenvalue weighted by Crippen LogP contribution is -2.16. The van der Waals surface area contributed by atoms with Crippen LogP contribution in [0, 0.1) is 5.82 Å². The van der Waals surface area contributed by atoms with Crippen LogP contribution in [0.5, 0.6) is 0 Å². The van der Waals surface area contributed by atoms with Gasteiger partial charge in [-0.3, -0.25) is 9.59 Å². The number of anilines is 1. The van der Waals surface area contributed by atoms with Crippen LogP contribution in [0.1, 0.15) is 12.8 Å². The number of carboxylic acids is 1. The normalized spacial score (nSPS) is 10.5. The summed E-state index contributed by atoms with van der Waals surface area (Å²) >= 11 is 0. The van der Waals surface area contributed by atoms with Crippen molar-refractivity contribution in [1.29, 1.82) is 0 Å². The number of benzene rings is 2. The van der Waals surface area contributed by atoms with E-state index in [-0.39, 0.29) is 12.8 Å². The number of carboxylic acid groups (broad SMARTS) is 1. The van der Waals surface area contributed by atoms with E-state index in [0.717, 1.165) is 5.56 Å². The Morgan fingerprint density at radius 2 is 1.81 bits per heavy atom. The molecule has 1 heterocycles. The molecule has 0 aliphatic heterocycles. The molecule has 1 amide bonds. The van der Waals surface area contributed by atoms with E-state index in [1.165, 1.54) is 16.8 Å². The van der Waals surface area contributed by atoms with Crippen LogP contribution < -0.4 is 5.32 Å². The summed E-state index contributed by atoms with van der Waals surface area (Å²) in [5.74, 6) is -1.60. The second-order valence-corrected chi connectivity index (χ2v) is 5.61. The lowest BCUT2D eigenvalue weighted by Gasteiger charge is -2.08. The largest absolute Gasteiger partial charge is 0.481 e. The molecule has 6 nitrogen and oxygen atoms in total. The van der Waals surface area contributed by atoms with Gasteiger partial charge in [0, 0.05) is 18.1 Å². The smallest absolute Gasteiger partial charge is 0.303 e. The summed E-state index contributed by atoms with van der Waals surface area (Å²) in [4.78, 5) is 22.7. The standard InChI is InChI=1S/C19H16FN3O3/c20-14-7-4-8-15(11-14)23-17(21-18(24)9-10-19(25)26)12-16(22-23)13-5-2-1-3-6-13/h1-8,11-12H,9-10H2,(H,21,24)(H,25,26). The Labute approximate surface area is 148 Å². The summed E-state index contributed by atoms with van der Waals surface area (Å²) in [5.41, 5.74) is 1.88. The molecule has 0 saturated carbocycles. The first-order valence-corrected chi connectivity index (χ1v) is 7.96. The maximum Gasteiger partial charge on any atom is 0.303 e. The van der Waals surface area contributed by atoms with E-state index in [2.05, 4.69) is 10.4 Å². The van der Waals surface area contributed by atoms with Crippen molar-refractivity contribution in [1.82, 2.24) is 9.78 Å². The Hall–Kier alpha value is -3.48. The Bertz CT molecular complexity index is 938. The SMILES string of the molecule is O=C(O)CCC(=O)Nc1cc(-c2ccccc2)nn1-c1cccc(F)c1. The summed E-state index contributed by atoms with van der Waals surface area (Å²) in [6.07, 6.45) is -0.435. The number of halogens is 1. The van der Waals surface area contributed by atoms with Gasteiger partial charge in [-0.2, -0.15) is 5.10 Å². The van der Waals surface area contributed by atoms with E-state index in [1.807, 2.05) is 30.3 Å². The van der Waals surface area contributed by atoms with E-state index in [0.29, 0.717) is 17.2 Å². The Kier molecular flexibility index (Phi) is 5.07. The van der Waals surface area contributed by atoms with Crippen molar-refractivity contribution in [3.63, 3.8) is 0 Å². The number of aromatic nitrogens is 2. The van der Waals surface area contributed by atoms with Gasteiger partial charge in [-0.1, -0.05) is 36.4 Å². The molecule has 0 atom stereocenters. The fourth-order valence-electron chi connectivity index (χ4n) is 2.45. The van der Waals surface area contributed by atoms with Crippen LogP contribution in [0.15, 0.2) is 60.7 Å². The highest BCUT2D eigenvalue weighted by Crippen LogP contribution is 2.25. The second kappa shape index (κ2) is 7.60. The maximum absolute atomic E-state index is 13.6. The quantitative estimate of drug-likeness (QED) is 0.710. The molecule has 0 unspecified atom stereocenters. The van der Waals surface area contributed by atoms with Crippen LogP contribution >= 0.6 is 0 Å². The van der Waals surface area contributed by atoms with Crippen molar-refractivity contribution in [3.8, 4) is 16.9 Å². The van der Waals surface area contributed by atoms with Gasteiger partial charge in [0.2, 0.25) is 5.91 Å². The summed E-state index contributed by atoms with van der Waals surface area (Å²) < 4.78 is 15.0. The first-order chi connectivity index (χ1) is 12.5. The minimum Gasteiger partial charge on any atom is -0.481 e. The van der Waals surface area contributed by atoms with Crippen LogP contribution in [0.3, 0.4) is 0 Å². The molecule has 0 fully saturated rings. The third kappa shape index (κ3) is 4.13. The number of amides is 1.